The molecule has 0 aromatic rings. The van der Waals surface area contributed by atoms with Crippen LogP contribution >= 0.6 is 0 Å². The van der Waals surface area contributed by atoms with Gasteiger partial charge in [-0.2, -0.15) is 0 Å². The number of fused-ring (bicyclic) bond motifs is 1. The lowest BCUT2D eigenvalue weighted by Crippen LogP contribution is -2.60. The summed E-state index contributed by atoms with van der Waals surface area (Å²) >= 11 is 0. The molecule has 1 aliphatic carbocycles. The third-order valence-corrected chi connectivity index (χ3v) is 5.58. The molecule has 26 heavy (non-hydrogen) atoms. The molecule has 2 fully saturated rings. The van der Waals surface area contributed by atoms with Crippen LogP contribution < -0.4 is 0 Å². The first-order valence-corrected chi connectivity index (χ1v) is 8.49. The number of aliphatic hydroxyl groups is 5. The predicted molar refractivity (Wildman–Crippen MR) is 82.2 cm³/mol. The molecule has 2 heterocycles. The predicted octanol–water partition coefficient (Wildman–Crippen LogP) is -2.24. The van der Waals surface area contributed by atoms with E-state index in [0.717, 1.165) is 6.26 Å². The molecule has 0 aromatic carbocycles. The first kappa shape index (κ1) is 19.5. The fraction of sp³-hybridized carbons (Fsp3) is 0.812. The summed E-state index contributed by atoms with van der Waals surface area (Å²) in [6, 6.07) is 0. The highest BCUT2D eigenvalue weighted by Gasteiger charge is 2.53. The van der Waals surface area contributed by atoms with Crippen LogP contribution in [0.15, 0.2) is 11.8 Å². The second-order valence-corrected chi connectivity index (χ2v) is 7.06. The van der Waals surface area contributed by atoms with Gasteiger partial charge in [0.05, 0.1) is 24.5 Å². The Bertz CT molecular complexity index is 563. The third-order valence-electron chi connectivity index (χ3n) is 5.58. The Labute approximate surface area is 149 Å². The molecule has 0 bridgehead atoms. The molecular weight excluding hydrogens is 352 g/mol. The van der Waals surface area contributed by atoms with Crippen LogP contribution in [0.2, 0.25) is 0 Å². The fourth-order valence-corrected chi connectivity index (χ4v) is 3.99. The molecular formula is C16H24O10. The van der Waals surface area contributed by atoms with Gasteiger partial charge in [-0.25, -0.2) is 4.79 Å². The SMILES string of the molecule is CC1C(O)CC2C(C(=O)O)=CO[C@@H](O[C@H]3OC(CO)C(O)C(O)C3O)C21. The van der Waals surface area contributed by atoms with Gasteiger partial charge >= 0.3 is 5.97 Å². The molecule has 1 saturated heterocycles. The van der Waals surface area contributed by atoms with Crippen molar-refractivity contribution in [1.82, 2.24) is 0 Å². The van der Waals surface area contributed by atoms with E-state index in [0.29, 0.717) is 0 Å². The Kier molecular flexibility index (Phi) is 5.54. The summed E-state index contributed by atoms with van der Waals surface area (Å²) in [4.78, 5) is 11.4. The molecule has 10 nitrogen and oxygen atoms in total. The summed E-state index contributed by atoms with van der Waals surface area (Å²) in [5.74, 6) is -2.49. The van der Waals surface area contributed by atoms with E-state index in [4.69, 9.17) is 14.2 Å². The summed E-state index contributed by atoms with van der Waals surface area (Å²) in [7, 11) is 0. The van der Waals surface area contributed by atoms with Gasteiger partial charge in [-0.15, -0.1) is 0 Å². The lowest BCUT2D eigenvalue weighted by atomic mass is 9.83. The number of rotatable bonds is 4. The van der Waals surface area contributed by atoms with Crippen molar-refractivity contribution in [2.45, 2.75) is 56.4 Å². The van der Waals surface area contributed by atoms with Crippen molar-refractivity contribution in [3.63, 3.8) is 0 Å². The largest absolute Gasteiger partial charge is 0.478 e. The molecule has 10 atom stereocenters. The second-order valence-electron chi connectivity index (χ2n) is 7.06. The van der Waals surface area contributed by atoms with Crippen molar-refractivity contribution in [2.24, 2.45) is 17.8 Å². The molecule has 3 aliphatic rings. The van der Waals surface area contributed by atoms with Crippen LogP contribution in [0, 0.1) is 17.8 Å². The Morgan fingerprint density at radius 2 is 1.88 bits per heavy atom. The lowest BCUT2D eigenvalue weighted by molar-refractivity contribution is -0.342. The van der Waals surface area contributed by atoms with Gasteiger partial charge in [0, 0.05) is 11.8 Å². The van der Waals surface area contributed by atoms with E-state index in [1.54, 1.807) is 6.92 Å². The van der Waals surface area contributed by atoms with Crippen molar-refractivity contribution in [1.29, 1.82) is 0 Å². The van der Waals surface area contributed by atoms with Crippen LogP contribution in [0.5, 0.6) is 0 Å². The van der Waals surface area contributed by atoms with E-state index in [2.05, 4.69) is 0 Å². The van der Waals surface area contributed by atoms with Gasteiger partial charge in [0.2, 0.25) is 6.29 Å². The van der Waals surface area contributed by atoms with Gasteiger partial charge < -0.3 is 44.8 Å². The quantitative estimate of drug-likeness (QED) is 0.316. The molecule has 8 unspecified atom stereocenters. The first-order chi connectivity index (χ1) is 12.3. The standard InChI is InChI=1S/C16H24O10/c1-5-8(18)2-6-7(14(22)23)4-24-15(10(5)6)26-16-13(21)12(20)11(19)9(3-17)25-16/h4-6,8-13,15-21H,2-3H2,1H3,(H,22,23)/t5?,6?,8?,9?,10?,11?,12?,13?,15-,16+/m0/s1. The average Bonchev–Trinajstić information content (AvgIpc) is 2.90. The van der Waals surface area contributed by atoms with E-state index in [9.17, 15) is 35.4 Å². The summed E-state index contributed by atoms with van der Waals surface area (Å²) in [6.45, 7) is 1.15. The van der Waals surface area contributed by atoms with Crippen LogP contribution in [0.4, 0.5) is 0 Å². The number of carbonyl (C=O) groups is 1. The second kappa shape index (κ2) is 7.39. The highest BCUT2D eigenvalue weighted by Crippen LogP contribution is 2.47. The van der Waals surface area contributed by atoms with E-state index < -0.39 is 67.5 Å². The third kappa shape index (κ3) is 3.22. The van der Waals surface area contributed by atoms with Crippen LogP contribution in [0.3, 0.4) is 0 Å². The van der Waals surface area contributed by atoms with E-state index in [1.165, 1.54) is 0 Å². The van der Waals surface area contributed by atoms with Gasteiger partial charge in [-0.05, 0) is 12.3 Å². The maximum Gasteiger partial charge on any atom is 0.334 e. The molecule has 3 rings (SSSR count). The van der Waals surface area contributed by atoms with Gasteiger partial charge in [-0.1, -0.05) is 6.92 Å². The molecule has 6 N–H and O–H groups in total. The van der Waals surface area contributed by atoms with E-state index in [-0.39, 0.29) is 17.9 Å². The summed E-state index contributed by atoms with van der Waals surface area (Å²) in [5.41, 5.74) is 0.0343. The Morgan fingerprint density at radius 1 is 1.19 bits per heavy atom. The molecule has 1 saturated carbocycles. The maximum atomic E-state index is 11.4. The van der Waals surface area contributed by atoms with Crippen LogP contribution in [0.25, 0.3) is 0 Å². The smallest absolute Gasteiger partial charge is 0.334 e. The average molecular weight is 376 g/mol. The Morgan fingerprint density at radius 3 is 2.50 bits per heavy atom. The van der Waals surface area contributed by atoms with E-state index in [1.807, 2.05) is 0 Å². The number of hydrogen-bond donors (Lipinski definition) is 6. The summed E-state index contributed by atoms with van der Waals surface area (Å²) in [6.07, 6.45) is -7.71. The molecule has 0 spiro atoms. The molecule has 0 radical (unpaired) electrons. The topological polar surface area (TPSA) is 166 Å². The lowest BCUT2D eigenvalue weighted by Gasteiger charge is -2.43. The summed E-state index contributed by atoms with van der Waals surface area (Å²) in [5, 5.41) is 58.5. The zero-order valence-corrected chi connectivity index (χ0v) is 14.1. The molecule has 2 aliphatic heterocycles. The number of carboxylic acids is 1. The Balaban J connectivity index is 1.79. The molecule has 0 aromatic heterocycles. The minimum absolute atomic E-state index is 0.0343. The van der Waals surface area contributed by atoms with Gasteiger partial charge in [-0.3, -0.25) is 0 Å². The van der Waals surface area contributed by atoms with Gasteiger partial charge in [0.25, 0.3) is 0 Å². The summed E-state index contributed by atoms with van der Waals surface area (Å²) < 4.78 is 16.3. The van der Waals surface area contributed by atoms with Crippen molar-refractivity contribution in [3.8, 4) is 0 Å². The minimum Gasteiger partial charge on any atom is -0.478 e. The number of carboxylic acid groups (broad SMARTS) is 1. The monoisotopic (exact) mass is 376 g/mol. The van der Waals surface area contributed by atoms with Crippen LogP contribution in [-0.2, 0) is 19.0 Å². The normalized spacial score (nSPS) is 48.5. The van der Waals surface area contributed by atoms with Crippen LogP contribution in [0.1, 0.15) is 13.3 Å². The number of ether oxygens (including phenoxy) is 3. The van der Waals surface area contributed by atoms with Crippen molar-refractivity contribution in [2.75, 3.05) is 6.61 Å². The van der Waals surface area contributed by atoms with Gasteiger partial charge in [0.15, 0.2) is 6.29 Å². The highest BCUT2D eigenvalue weighted by molar-refractivity contribution is 5.87. The maximum absolute atomic E-state index is 11.4. The zero-order chi connectivity index (χ0) is 19.2. The molecule has 148 valence electrons. The minimum atomic E-state index is -1.60. The first-order valence-electron chi connectivity index (χ1n) is 8.49. The van der Waals surface area contributed by atoms with Gasteiger partial charge in [0.1, 0.15) is 24.4 Å². The highest BCUT2D eigenvalue weighted by atomic mass is 16.8. The number of hydrogen-bond acceptors (Lipinski definition) is 9. The van der Waals surface area contributed by atoms with Crippen molar-refractivity contribution < 1.29 is 49.6 Å². The molecule has 10 heteroatoms. The van der Waals surface area contributed by atoms with Crippen molar-refractivity contribution in [3.05, 3.63) is 11.8 Å². The number of aliphatic hydroxyl groups excluding tert-OH is 5. The van der Waals surface area contributed by atoms with Crippen LogP contribution in [-0.4, -0.2) is 86.3 Å². The fourth-order valence-electron chi connectivity index (χ4n) is 3.99. The van der Waals surface area contributed by atoms with E-state index >= 15 is 0 Å². The Hall–Kier alpha value is -1.27. The zero-order valence-electron chi connectivity index (χ0n) is 14.1. The molecule has 0 amide bonds. The number of aliphatic carboxylic acids is 1. The van der Waals surface area contributed by atoms with Crippen molar-refractivity contribution >= 4 is 5.97 Å².